The molecule has 2 fully saturated rings. The van der Waals surface area contributed by atoms with E-state index in [0.29, 0.717) is 13.2 Å². The number of hydrogen-bond donors (Lipinski definition) is 1. The largest absolute Gasteiger partial charge is 0.377 e. The minimum absolute atomic E-state index is 0.122. The lowest BCUT2D eigenvalue weighted by Crippen LogP contribution is -2.40. The molecule has 1 saturated carbocycles. The van der Waals surface area contributed by atoms with Gasteiger partial charge in [0.2, 0.25) is 5.91 Å². The van der Waals surface area contributed by atoms with Crippen molar-refractivity contribution in [1.29, 1.82) is 0 Å². The van der Waals surface area contributed by atoms with Crippen LogP contribution in [0.4, 0.5) is 0 Å². The summed E-state index contributed by atoms with van der Waals surface area (Å²) in [6, 6.07) is 0. The molecule has 86 valence electrons. The molecule has 2 aliphatic rings. The molecule has 1 heterocycles. The van der Waals surface area contributed by atoms with Crippen molar-refractivity contribution >= 4 is 5.91 Å². The van der Waals surface area contributed by atoms with E-state index in [2.05, 4.69) is 5.32 Å². The van der Waals surface area contributed by atoms with Crippen molar-refractivity contribution in [2.45, 2.75) is 51.4 Å². The van der Waals surface area contributed by atoms with Crippen molar-refractivity contribution in [2.75, 3.05) is 13.2 Å². The van der Waals surface area contributed by atoms with Crippen LogP contribution in [-0.2, 0) is 9.53 Å². The SMILES string of the molecule is CCOC(C)CN1C(=O)C2(CC2)NC1C. The molecule has 1 spiro atoms. The van der Waals surface area contributed by atoms with Gasteiger partial charge < -0.3 is 9.64 Å². The third kappa shape index (κ3) is 1.88. The van der Waals surface area contributed by atoms with Crippen LogP contribution in [0.5, 0.6) is 0 Å². The summed E-state index contributed by atoms with van der Waals surface area (Å²) in [5.41, 5.74) is -0.189. The van der Waals surface area contributed by atoms with E-state index < -0.39 is 0 Å². The average Bonchev–Trinajstić information content (AvgIpc) is 2.90. The van der Waals surface area contributed by atoms with Crippen molar-refractivity contribution in [3.05, 3.63) is 0 Å². The summed E-state index contributed by atoms with van der Waals surface area (Å²) in [6.07, 6.45) is 2.27. The second-order valence-electron chi connectivity index (χ2n) is 4.63. The Hall–Kier alpha value is -0.610. The summed E-state index contributed by atoms with van der Waals surface area (Å²) in [6.45, 7) is 7.44. The summed E-state index contributed by atoms with van der Waals surface area (Å²) in [4.78, 5) is 14.0. The number of nitrogens with one attached hydrogen (secondary N) is 1. The van der Waals surface area contributed by atoms with Crippen molar-refractivity contribution in [1.82, 2.24) is 10.2 Å². The van der Waals surface area contributed by atoms with Gasteiger partial charge in [-0.15, -0.1) is 0 Å². The van der Waals surface area contributed by atoms with Crippen molar-refractivity contribution in [3.63, 3.8) is 0 Å². The van der Waals surface area contributed by atoms with Crippen LogP contribution in [0, 0.1) is 0 Å². The molecule has 0 aromatic carbocycles. The van der Waals surface area contributed by atoms with Gasteiger partial charge in [-0.3, -0.25) is 10.1 Å². The van der Waals surface area contributed by atoms with E-state index in [9.17, 15) is 4.79 Å². The Labute approximate surface area is 91.0 Å². The molecular weight excluding hydrogens is 192 g/mol. The quantitative estimate of drug-likeness (QED) is 0.746. The Morgan fingerprint density at radius 1 is 1.67 bits per heavy atom. The monoisotopic (exact) mass is 212 g/mol. The van der Waals surface area contributed by atoms with E-state index in [0.717, 1.165) is 12.8 Å². The van der Waals surface area contributed by atoms with Crippen LogP contribution in [0.25, 0.3) is 0 Å². The highest BCUT2D eigenvalue weighted by molar-refractivity contribution is 5.91. The molecule has 1 amide bonds. The van der Waals surface area contributed by atoms with Gasteiger partial charge in [0.05, 0.1) is 17.8 Å². The minimum atomic E-state index is -0.189. The van der Waals surface area contributed by atoms with Crippen LogP contribution < -0.4 is 5.32 Å². The van der Waals surface area contributed by atoms with Crippen LogP contribution in [0.2, 0.25) is 0 Å². The Bertz CT molecular complexity index is 263. The number of ether oxygens (including phenoxy) is 1. The van der Waals surface area contributed by atoms with E-state index in [1.807, 2.05) is 25.7 Å². The second-order valence-corrected chi connectivity index (χ2v) is 4.63. The minimum Gasteiger partial charge on any atom is -0.377 e. The van der Waals surface area contributed by atoms with Gasteiger partial charge in [-0.25, -0.2) is 0 Å². The molecule has 0 aromatic rings. The zero-order valence-corrected chi connectivity index (χ0v) is 9.75. The van der Waals surface area contributed by atoms with Crippen LogP contribution in [0.15, 0.2) is 0 Å². The van der Waals surface area contributed by atoms with Gasteiger partial charge in [0.15, 0.2) is 0 Å². The summed E-state index contributed by atoms with van der Waals surface area (Å²) >= 11 is 0. The van der Waals surface area contributed by atoms with Gasteiger partial charge in [0, 0.05) is 13.2 Å². The highest BCUT2D eigenvalue weighted by Gasteiger charge is 2.58. The first-order chi connectivity index (χ1) is 7.09. The van der Waals surface area contributed by atoms with E-state index in [1.165, 1.54) is 0 Å². The molecule has 2 atom stereocenters. The maximum Gasteiger partial charge on any atom is 0.244 e. The molecule has 4 heteroatoms. The topological polar surface area (TPSA) is 41.6 Å². The Balaban J connectivity index is 1.94. The fraction of sp³-hybridized carbons (Fsp3) is 0.909. The Morgan fingerprint density at radius 2 is 2.33 bits per heavy atom. The third-order valence-electron chi connectivity index (χ3n) is 3.28. The van der Waals surface area contributed by atoms with Crippen LogP contribution in [0.3, 0.4) is 0 Å². The first-order valence-electron chi connectivity index (χ1n) is 5.79. The molecule has 1 N–H and O–H groups in total. The predicted octanol–water partition coefficient (Wildman–Crippen LogP) is 0.722. The molecule has 0 bridgehead atoms. The molecule has 15 heavy (non-hydrogen) atoms. The second kappa shape index (κ2) is 3.76. The van der Waals surface area contributed by atoms with E-state index in [4.69, 9.17) is 4.74 Å². The molecule has 1 saturated heterocycles. The first kappa shape index (κ1) is 10.9. The fourth-order valence-electron chi connectivity index (χ4n) is 2.33. The van der Waals surface area contributed by atoms with Gasteiger partial charge in [-0.2, -0.15) is 0 Å². The molecule has 1 aliphatic heterocycles. The third-order valence-corrected chi connectivity index (χ3v) is 3.28. The summed E-state index contributed by atoms with van der Waals surface area (Å²) in [5, 5.41) is 3.37. The van der Waals surface area contributed by atoms with Gasteiger partial charge in [-0.05, 0) is 33.6 Å². The number of hydrogen-bond acceptors (Lipinski definition) is 3. The smallest absolute Gasteiger partial charge is 0.244 e. The van der Waals surface area contributed by atoms with Gasteiger partial charge >= 0.3 is 0 Å². The van der Waals surface area contributed by atoms with Gasteiger partial charge in [0.1, 0.15) is 0 Å². The number of carbonyl (C=O) groups is 1. The first-order valence-corrected chi connectivity index (χ1v) is 5.79. The molecule has 2 rings (SSSR count). The average molecular weight is 212 g/mol. The highest BCUT2D eigenvalue weighted by atomic mass is 16.5. The molecular formula is C11H20N2O2. The lowest BCUT2D eigenvalue weighted by molar-refractivity contribution is -0.132. The maximum absolute atomic E-state index is 12.0. The molecule has 1 aliphatic carbocycles. The zero-order chi connectivity index (χ0) is 11.1. The fourth-order valence-corrected chi connectivity index (χ4v) is 2.33. The zero-order valence-electron chi connectivity index (χ0n) is 9.75. The van der Waals surface area contributed by atoms with Gasteiger partial charge in [-0.1, -0.05) is 0 Å². The van der Waals surface area contributed by atoms with Crippen molar-refractivity contribution < 1.29 is 9.53 Å². The van der Waals surface area contributed by atoms with Crippen molar-refractivity contribution in [2.24, 2.45) is 0 Å². The highest BCUT2D eigenvalue weighted by Crippen LogP contribution is 2.41. The van der Waals surface area contributed by atoms with Crippen LogP contribution in [-0.4, -0.2) is 41.8 Å². The Morgan fingerprint density at radius 3 is 2.80 bits per heavy atom. The van der Waals surface area contributed by atoms with Crippen LogP contribution >= 0.6 is 0 Å². The Kier molecular flexibility index (Phi) is 2.73. The molecule has 0 radical (unpaired) electrons. The number of carbonyl (C=O) groups excluding carboxylic acids is 1. The van der Waals surface area contributed by atoms with E-state index in [1.54, 1.807) is 0 Å². The summed E-state index contributed by atoms with van der Waals surface area (Å²) < 4.78 is 5.47. The van der Waals surface area contributed by atoms with Gasteiger partial charge in [0.25, 0.3) is 0 Å². The molecule has 4 nitrogen and oxygen atoms in total. The molecule has 2 unspecified atom stereocenters. The lowest BCUT2D eigenvalue weighted by Gasteiger charge is -2.24. The van der Waals surface area contributed by atoms with Crippen molar-refractivity contribution in [3.8, 4) is 0 Å². The standard InChI is InChI=1S/C11H20N2O2/c1-4-15-8(2)7-13-9(3)12-11(5-6-11)10(13)14/h8-9,12H,4-7H2,1-3H3. The maximum atomic E-state index is 12.0. The van der Waals surface area contributed by atoms with E-state index >= 15 is 0 Å². The number of nitrogens with zero attached hydrogens (tertiary/aromatic N) is 1. The molecule has 0 aromatic heterocycles. The van der Waals surface area contributed by atoms with E-state index in [-0.39, 0.29) is 23.7 Å². The normalized spacial score (nSPS) is 29.9. The lowest BCUT2D eigenvalue weighted by atomic mass is 10.2. The predicted molar refractivity (Wildman–Crippen MR) is 57.4 cm³/mol. The number of amides is 1. The van der Waals surface area contributed by atoms with Crippen LogP contribution in [0.1, 0.15) is 33.6 Å². The summed E-state index contributed by atoms with van der Waals surface area (Å²) in [7, 11) is 0. The summed E-state index contributed by atoms with van der Waals surface area (Å²) in [5.74, 6) is 0.265. The number of rotatable bonds is 4.